The number of aryl methyl sites for hydroxylation is 1. The molecule has 1 saturated heterocycles. The van der Waals surface area contributed by atoms with Gasteiger partial charge in [-0.1, -0.05) is 12.5 Å². The molecule has 0 radical (unpaired) electrons. The molecule has 2 aromatic carbocycles. The van der Waals surface area contributed by atoms with Crippen molar-refractivity contribution in [1.29, 1.82) is 0 Å². The van der Waals surface area contributed by atoms with Gasteiger partial charge >= 0.3 is 0 Å². The predicted molar refractivity (Wildman–Crippen MR) is 183 cm³/mol. The number of rotatable bonds is 9. The number of benzene rings is 2. The van der Waals surface area contributed by atoms with Crippen LogP contribution in [0, 0.1) is 25.2 Å². The third-order valence-electron chi connectivity index (χ3n) is 7.52. The van der Waals surface area contributed by atoms with E-state index in [1.807, 2.05) is 62.5 Å². The summed E-state index contributed by atoms with van der Waals surface area (Å²) < 4.78 is 11.9. The number of fused-ring (bicyclic) bond motifs is 1. The number of carbonyl (C=O) groups is 1. The molecule has 5 rings (SSSR count). The van der Waals surface area contributed by atoms with Crippen LogP contribution in [0.3, 0.4) is 0 Å². The van der Waals surface area contributed by atoms with E-state index in [4.69, 9.17) is 28.5 Å². The summed E-state index contributed by atoms with van der Waals surface area (Å²) in [4.78, 5) is 25.4. The monoisotopic (exact) mass is 623 g/mol. The van der Waals surface area contributed by atoms with Crippen molar-refractivity contribution in [3.05, 3.63) is 79.0 Å². The average Bonchev–Trinajstić information content (AvgIpc) is 3.26. The second-order valence-corrected chi connectivity index (χ2v) is 11.6. The number of nitrogens with zero attached hydrogens (tertiary/aromatic N) is 6. The van der Waals surface area contributed by atoms with Crippen molar-refractivity contribution in [2.24, 2.45) is 11.0 Å². The van der Waals surface area contributed by atoms with Crippen LogP contribution in [0.4, 0.5) is 17.2 Å². The lowest BCUT2D eigenvalue weighted by Gasteiger charge is -2.26. The third kappa shape index (κ3) is 7.59. The Balaban J connectivity index is 1.34. The summed E-state index contributed by atoms with van der Waals surface area (Å²) in [6.45, 7) is 10.5. The SMILES string of the molecule is C#CC(C)/C=N\N1C=CC(Oc2ccc(Nc3ncnc4cc(OC)c(N5CCN(C(=O)C=C)CC(S)C5)cc34)cc2C)=CC1. The number of anilines is 3. The minimum Gasteiger partial charge on any atom is -0.495 e. The molecule has 2 atom stereocenters. The van der Waals surface area contributed by atoms with Gasteiger partial charge in [-0.2, -0.15) is 17.7 Å². The van der Waals surface area contributed by atoms with Crippen molar-refractivity contribution >= 4 is 52.8 Å². The number of aromatic nitrogens is 2. The number of amides is 1. The fourth-order valence-corrected chi connectivity index (χ4v) is 5.48. The molecule has 2 aliphatic heterocycles. The lowest BCUT2D eigenvalue weighted by Crippen LogP contribution is -2.35. The number of hydrogen-bond donors (Lipinski definition) is 2. The highest BCUT2D eigenvalue weighted by molar-refractivity contribution is 7.81. The first-order valence-corrected chi connectivity index (χ1v) is 15.2. The van der Waals surface area contributed by atoms with E-state index in [2.05, 4.69) is 37.8 Å². The first-order valence-electron chi connectivity index (χ1n) is 14.7. The zero-order valence-electron chi connectivity index (χ0n) is 25.7. The predicted octanol–water partition coefficient (Wildman–Crippen LogP) is 5.17. The summed E-state index contributed by atoms with van der Waals surface area (Å²) in [6, 6.07) is 9.86. The molecular weight excluding hydrogens is 586 g/mol. The van der Waals surface area contributed by atoms with E-state index in [-0.39, 0.29) is 17.1 Å². The number of carbonyl (C=O) groups excluding carboxylic acids is 1. The van der Waals surface area contributed by atoms with E-state index in [1.165, 1.54) is 12.4 Å². The van der Waals surface area contributed by atoms with Crippen molar-refractivity contribution in [2.75, 3.05) is 50.1 Å². The quantitative estimate of drug-likeness (QED) is 0.146. The topological polar surface area (TPSA) is 95.4 Å². The Labute approximate surface area is 269 Å². The van der Waals surface area contributed by atoms with Crippen LogP contribution in [0.1, 0.15) is 12.5 Å². The molecule has 1 amide bonds. The summed E-state index contributed by atoms with van der Waals surface area (Å²) >= 11 is 4.76. The molecule has 45 heavy (non-hydrogen) atoms. The number of ether oxygens (including phenoxy) is 2. The van der Waals surface area contributed by atoms with Crippen molar-refractivity contribution in [3.63, 3.8) is 0 Å². The Morgan fingerprint density at radius 1 is 1.24 bits per heavy atom. The van der Waals surface area contributed by atoms with Crippen LogP contribution in [-0.4, -0.2) is 77.1 Å². The Hall–Kier alpha value is -4.95. The molecule has 3 aromatic rings. The highest BCUT2D eigenvalue weighted by Crippen LogP contribution is 2.36. The van der Waals surface area contributed by atoms with Crippen molar-refractivity contribution in [3.8, 4) is 23.8 Å². The summed E-state index contributed by atoms with van der Waals surface area (Å²) in [7, 11) is 1.64. The number of terminal acetylenes is 1. The van der Waals surface area contributed by atoms with Crippen LogP contribution < -0.4 is 19.7 Å². The molecule has 10 nitrogen and oxygen atoms in total. The van der Waals surface area contributed by atoms with Gasteiger partial charge in [0, 0.05) is 61.0 Å². The molecule has 0 aliphatic carbocycles. The van der Waals surface area contributed by atoms with Crippen LogP contribution in [0.5, 0.6) is 11.5 Å². The van der Waals surface area contributed by atoms with E-state index < -0.39 is 0 Å². The van der Waals surface area contributed by atoms with Gasteiger partial charge in [-0.3, -0.25) is 9.80 Å². The molecule has 11 heteroatoms. The van der Waals surface area contributed by atoms with Gasteiger partial charge in [-0.25, -0.2) is 9.97 Å². The molecule has 1 fully saturated rings. The maximum absolute atomic E-state index is 12.3. The Morgan fingerprint density at radius 2 is 2.09 bits per heavy atom. The number of methoxy groups -OCH3 is 1. The van der Waals surface area contributed by atoms with Crippen LogP contribution in [-0.2, 0) is 4.79 Å². The maximum atomic E-state index is 12.3. The summed E-state index contributed by atoms with van der Waals surface area (Å²) in [6.07, 6.45) is 15.7. The normalized spacial score (nSPS) is 17.4. The minimum absolute atomic E-state index is 0.0259. The number of nitrogens with one attached hydrogen (secondary N) is 1. The Kier molecular flexibility index (Phi) is 9.95. The van der Waals surface area contributed by atoms with Gasteiger partial charge in [0.15, 0.2) is 0 Å². The molecular formula is C34H37N7O3S. The minimum atomic E-state index is -0.0945. The first-order chi connectivity index (χ1) is 21.8. The number of hydrogen-bond acceptors (Lipinski definition) is 10. The van der Waals surface area contributed by atoms with E-state index in [1.54, 1.807) is 23.2 Å². The zero-order chi connectivity index (χ0) is 31.9. The van der Waals surface area contributed by atoms with E-state index in [0.29, 0.717) is 44.3 Å². The van der Waals surface area contributed by atoms with Gasteiger partial charge in [0.05, 0.1) is 30.8 Å². The van der Waals surface area contributed by atoms with Gasteiger partial charge < -0.3 is 24.6 Å². The van der Waals surface area contributed by atoms with Crippen molar-refractivity contribution in [2.45, 2.75) is 19.1 Å². The highest BCUT2D eigenvalue weighted by Gasteiger charge is 2.25. The standard InChI is InChI=1S/C34H37N7O3S/c1-6-23(3)19-37-41-12-10-26(11-13-41)44-31-9-8-25(16-24(31)4)38-34-28-17-30(32(43-5)18-29(28)35-22-36-34)39-14-15-40(33(42)7-2)21-27(45)20-39/h1,7-12,16-19,22-23,27,45H,2,13-15,20-21H2,3-5H3,(H,35,36,38)/b37-19-. The number of hydrazone groups is 1. The Bertz CT molecular complexity index is 1710. The molecule has 1 N–H and O–H groups in total. The summed E-state index contributed by atoms with van der Waals surface area (Å²) in [5, 5.41) is 10.4. The second-order valence-electron chi connectivity index (χ2n) is 10.8. The summed E-state index contributed by atoms with van der Waals surface area (Å²) in [5.74, 6) is 5.36. The van der Waals surface area contributed by atoms with Crippen LogP contribution in [0.2, 0.25) is 0 Å². The van der Waals surface area contributed by atoms with Gasteiger partial charge in [0.1, 0.15) is 29.4 Å². The Morgan fingerprint density at radius 3 is 2.80 bits per heavy atom. The van der Waals surface area contributed by atoms with E-state index in [9.17, 15) is 4.79 Å². The fraction of sp³-hybridized carbons (Fsp3) is 0.294. The number of allylic oxidation sites excluding steroid dienone is 1. The zero-order valence-corrected chi connectivity index (χ0v) is 26.6. The molecule has 2 aliphatic rings. The second kappa shape index (κ2) is 14.2. The van der Waals surface area contributed by atoms with Crippen LogP contribution >= 0.6 is 12.6 Å². The molecule has 0 bridgehead atoms. The number of thiol groups is 1. The molecule has 0 spiro atoms. The van der Waals surface area contributed by atoms with E-state index in [0.717, 1.165) is 39.3 Å². The van der Waals surface area contributed by atoms with Crippen LogP contribution in [0.15, 0.2) is 78.5 Å². The molecule has 232 valence electrons. The average molecular weight is 624 g/mol. The van der Waals surface area contributed by atoms with E-state index >= 15 is 0 Å². The first kappa shape index (κ1) is 31.5. The maximum Gasteiger partial charge on any atom is 0.246 e. The van der Waals surface area contributed by atoms with Crippen LogP contribution in [0.25, 0.3) is 10.9 Å². The third-order valence-corrected chi connectivity index (χ3v) is 7.85. The molecule has 3 heterocycles. The summed E-state index contributed by atoms with van der Waals surface area (Å²) in [5.41, 5.74) is 3.45. The largest absolute Gasteiger partial charge is 0.495 e. The smallest absolute Gasteiger partial charge is 0.246 e. The van der Waals surface area contributed by atoms with Gasteiger partial charge in [0.2, 0.25) is 5.91 Å². The highest BCUT2D eigenvalue weighted by atomic mass is 32.1. The van der Waals surface area contributed by atoms with Gasteiger partial charge in [-0.15, -0.1) is 6.42 Å². The molecule has 0 saturated carbocycles. The van der Waals surface area contributed by atoms with Crippen molar-refractivity contribution < 1.29 is 14.3 Å². The van der Waals surface area contributed by atoms with Gasteiger partial charge in [-0.05, 0) is 61.9 Å². The van der Waals surface area contributed by atoms with Crippen molar-refractivity contribution in [1.82, 2.24) is 19.9 Å². The lowest BCUT2D eigenvalue weighted by atomic mass is 10.1. The molecule has 1 aromatic heterocycles. The molecule has 2 unspecified atom stereocenters. The lowest BCUT2D eigenvalue weighted by molar-refractivity contribution is -0.125. The van der Waals surface area contributed by atoms with Gasteiger partial charge in [0.25, 0.3) is 0 Å². The fourth-order valence-electron chi connectivity index (χ4n) is 5.09.